The Morgan fingerprint density at radius 2 is 1.16 bits per heavy atom. The minimum atomic E-state index is -3.31. The molecule has 0 aromatic rings. The van der Waals surface area contributed by atoms with Crippen molar-refractivity contribution in [3.63, 3.8) is 0 Å². The third-order valence-corrected chi connectivity index (χ3v) is 10.3. The van der Waals surface area contributed by atoms with Gasteiger partial charge in [0.15, 0.2) is 0 Å². The van der Waals surface area contributed by atoms with E-state index in [2.05, 4.69) is 23.4 Å². The zero-order valence-electron chi connectivity index (χ0n) is 21.7. The standard InChI is InChI=1S/C21H48N2O7Si2/c1-9-17-20(21(24)22-31(25-11-3,26-12-4)27-13-5)19-23(18-10-2)32(28-14-6,29-15-7)30-16-8/h20H,9-19H2,1-8H3,(H,22,24). The van der Waals surface area contributed by atoms with E-state index < -0.39 is 17.9 Å². The molecule has 0 radical (unpaired) electrons. The largest absolute Gasteiger partial charge is 0.633 e. The predicted molar refractivity (Wildman–Crippen MR) is 130 cm³/mol. The summed E-state index contributed by atoms with van der Waals surface area (Å²) in [6, 6.07) is 0. The zero-order chi connectivity index (χ0) is 24.5. The molecule has 192 valence electrons. The van der Waals surface area contributed by atoms with Crippen LogP contribution in [0.5, 0.6) is 0 Å². The fourth-order valence-electron chi connectivity index (χ4n) is 3.53. The lowest BCUT2D eigenvalue weighted by molar-refractivity contribution is -0.126. The molecule has 0 rings (SSSR count). The summed E-state index contributed by atoms with van der Waals surface area (Å²) in [6.45, 7) is 19.4. The lowest BCUT2D eigenvalue weighted by atomic mass is 10.0. The van der Waals surface area contributed by atoms with Gasteiger partial charge in [0.25, 0.3) is 0 Å². The summed E-state index contributed by atoms with van der Waals surface area (Å²) in [4.78, 5) is 16.5. The van der Waals surface area contributed by atoms with Gasteiger partial charge in [-0.15, -0.1) is 0 Å². The smallest absolute Gasteiger partial charge is 0.361 e. The number of rotatable bonds is 21. The molecule has 1 N–H and O–H groups in total. The van der Waals surface area contributed by atoms with Gasteiger partial charge in [0.2, 0.25) is 5.91 Å². The Bertz CT molecular complexity index is 455. The minimum absolute atomic E-state index is 0.137. The van der Waals surface area contributed by atoms with Crippen molar-refractivity contribution in [2.45, 2.75) is 74.7 Å². The number of hydrogen-bond acceptors (Lipinski definition) is 8. The van der Waals surface area contributed by atoms with Gasteiger partial charge in [0, 0.05) is 52.1 Å². The molecule has 32 heavy (non-hydrogen) atoms. The Balaban J connectivity index is 5.89. The van der Waals surface area contributed by atoms with Gasteiger partial charge >= 0.3 is 17.9 Å². The summed E-state index contributed by atoms with van der Waals surface area (Å²) in [5, 5.41) is 0. The summed E-state index contributed by atoms with van der Waals surface area (Å²) < 4.78 is 38.0. The highest BCUT2D eigenvalue weighted by atomic mass is 28.4. The molecular weight excluding hydrogens is 448 g/mol. The maximum atomic E-state index is 13.5. The van der Waals surface area contributed by atoms with Gasteiger partial charge in [-0.05, 0) is 60.9 Å². The van der Waals surface area contributed by atoms with Crippen LogP contribution < -0.4 is 4.98 Å². The van der Waals surface area contributed by atoms with Crippen LogP contribution in [0.15, 0.2) is 0 Å². The van der Waals surface area contributed by atoms with Crippen molar-refractivity contribution in [1.82, 2.24) is 9.55 Å². The second kappa shape index (κ2) is 18.0. The molecule has 0 bridgehead atoms. The Morgan fingerprint density at radius 1 is 0.719 bits per heavy atom. The van der Waals surface area contributed by atoms with E-state index in [0.29, 0.717) is 59.2 Å². The van der Waals surface area contributed by atoms with Crippen molar-refractivity contribution in [2.24, 2.45) is 5.92 Å². The lowest BCUT2D eigenvalue weighted by Gasteiger charge is -2.39. The fraction of sp³-hybridized carbons (Fsp3) is 0.952. The molecule has 0 aromatic carbocycles. The molecule has 0 spiro atoms. The average molecular weight is 497 g/mol. The molecule has 0 aliphatic rings. The van der Waals surface area contributed by atoms with E-state index >= 15 is 0 Å². The first-order chi connectivity index (χ1) is 15.4. The van der Waals surface area contributed by atoms with Crippen LogP contribution in [0.1, 0.15) is 74.7 Å². The molecule has 0 saturated heterocycles. The second-order valence-electron chi connectivity index (χ2n) is 7.10. The van der Waals surface area contributed by atoms with Crippen LogP contribution in [0, 0.1) is 5.92 Å². The van der Waals surface area contributed by atoms with Crippen molar-refractivity contribution in [2.75, 3.05) is 52.7 Å². The number of nitrogens with zero attached hydrogens (tertiary/aromatic N) is 1. The molecule has 9 nitrogen and oxygen atoms in total. The Hall–Kier alpha value is -0.376. The van der Waals surface area contributed by atoms with Crippen molar-refractivity contribution in [3.05, 3.63) is 0 Å². The summed E-state index contributed by atoms with van der Waals surface area (Å²) in [5.74, 6) is -0.449. The van der Waals surface area contributed by atoms with Crippen molar-refractivity contribution in [3.8, 4) is 0 Å². The lowest BCUT2D eigenvalue weighted by Crippen LogP contribution is -2.65. The topological polar surface area (TPSA) is 87.7 Å². The highest BCUT2D eigenvalue weighted by molar-refractivity contribution is 6.61. The molecule has 0 fully saturated rings. The monoisotopic (exact) mass is 496 g/mol. The van der Waals surface area contributed by atoms with Crippen molar-refractivity contribution < 1.29 is 31.4 Å². The van der Waals surface area contributed by atoms with E-state index in [4.69, 9.17) is 26.6 Å². The van der Waals surface area contributed by atoms with Crippen molar-refractivity contribution in [1.29, 1.82) is 0 Å². The SMILES string of the molecule is CCCC(CN(CCC)[Si](OCC)(OCC)OCC)C(=O)N[Si](OCC)(OCC)OCC. The van der Waals surface area contributed by atoms with E-state index in [-0.39, 0.29) is 11.8 Å². The second-order valence-corrected chi connectivity index (χ2v) is 11.9. The van der Waals surface area contributed by atoms with Crippen LogP contribution in [0.3, 0.4) is 0 Å². The van der Waals surface area contributed by atoms with Gasteiger partial charge < -0.3 is 31.5 Å². The van der Waals surface area contributed by atoms with Crippen LogP contribution in [0.2, 0.25) is 0 Å². The van der Waals surface area contributed by atoms with Gasteiger partial charge in [-0.1, -0.05) is 20.3 Å². The quantitative estimate of drug-likeness (QED) is 0.242. The van der Waals surface area contributed by atoms with Gasteiger partial charge in [-0.3, -0.25) is 9.36 Å². The maximum absolute atomic E-state index is 13.5. The first-order valence-electron chi connectivity index (χ1n) is 12.3. The molecule has 0 saturated carbocycles. The predicted octanol–water partition coefficient (Wildman–Crippen LogP) is 3.32. The third-order valence-electron chi connectivity index (χ3n) is 4.59. The summed E-state index contributed by atoms with van der Waals surface area (Å²) in [5.41, 5.74) is 0. The number of hydrogen-bond donors (Lipinski definition) is 1. The normalized spacial score (nSPS) is 13.5. The molecule has 0 aromatic heterocycles. The zero-order valence-corrected chi connectivity index (χ0v) is 23.7. The Labute approximate surface area is 198 Å². The molecule has 0 heterocycles. The summed E-state index contributed by atoms with van der Waals surface area (Å²) >= 11 is 0. The van der Waals surface area contributed by atoms with Gasteiger partial charge in [-0.25, -0.2) is 0 Å². The molecular formula is C21H48N2O7Si2. The van der Waals surface area contributed by atoms with Crippen LogP contribution in [0.25, 0.3) is 0 Å². The van der Waals surface area contributed by atoms with Crippen LogP contribution in [-0.2, 0) is 31.4 Å². The third kappa shape index (κ3) is 10.3. The highest BCUT2D eigenvalue weighted by Gasteiger charge is 2.50. The Morgan fingerprint density at radius 3 is 1.50 bits per heavy atom. The molecule has 0 aliphatic carbocycles. The Kier molecular flexibility index (Phi) is 17.8. The number of amides is 1. The van der Waals surface area contributed by atoms with E-state index in [9.17, 15) is 4.79 Å². The minimum Gasteiger partial charge on any atom is -0.361 e. The molecule has 11 heteroatoms. The van der Waals surface area contributed by atoms with E-state index in [0.717, 1.165) is 12.8 Å². The fourth-order valence-corrected chi connectivity index (χ4v) is 8.48. The summed E-state index contributed by atoms with van der Waals surface area (Å²) in [7, 11) is -6.43. The first-order valence-corrected chi connectivity index (χ1v) is 15.7. The summed E-state index contributed by atoms with van der Waals surface area (Å²) in [6.07, 6.45) is 2.45. The van der Waals surface area contributed by atoms with Crippen LogP contribution >= 0.6 is 0 Å². The highest BCUT2D eigenvalue weighted by Crippen LogP contribution is 2.21. The van der Waals surface area contributed by atoms with Crippen molar-refractivity contribution >= 4 is 23.8 Å². The molecule has 1 amide bonds. The van der Waals surface area contributed by atoms with Gasteiger partial charge in [0.1, 0.15) is 0 Å². The van der Waals surface area contributed by atoms with Gasteiger partial charge in [-0.2, -0.15) is 0 Å². The van der Waals surface area contributed by atoms with E-state index in [1.165, 1.54) is 0 Å². The maximum Gasteiger partial charge on any atom is 0.633 e. The van der Waals surface area contributed by atoms with Crippen LogP contribution in [0.4, 0.5) is 0 Å². The molecule has 1 atom stereocenters. The number of nitrogens with one attached hydrogen (secondary N) is 1. The number of carbonyl (C=O) groups is 1. The van der Waals surface area contributed by atoms with Crippen LogP contribution in [-0.4, -0.2) is 81.1 Å². The molecule has 0 aliphatic heterocycles. The average Bonchev–Trinajstić information content (AvgIpc) is 2.74. The molecule has 1 unspecified atom stereocenters. The first kappa shape index (κ1) is 31.6. The van der Waals surface area contributed by atoms with Gasteiger partial charge in [0.05, 0.1) is 0 Å². The van der Waals surface area contributed by atoms with E-state index in [1.54, 1.807) is 0 Å². The number of carbonyl (C=O) groups excluding carboxylic acids is 1. The van der Waals surface area contributed by atoms with E-state index in [1.807, 2.05) is 41.5 Å².